The fourth-order valence-corrected chi connectivity index (χ4v) is 2.77. The van der Waals surface area contributed by atoms with Crippen LogP contribution in [0.2, 0.25) is 0 Å². The van der Waals surface area contributed by atoms with E-state index < -0.39 is 0 Å². The fraction of sp³-hybridized carbons (Fsp3) is 0.182. The number of ether oxygens (including phenoxy) is 2. The molecule has 1 aromatic heterocycles. The number of hydrogen-bond donors (Lipinski definition) is 2. The second-order valence-corrected chi connectivity index (χ2v) is 6.21. The number of aromatic nitrogens is 2. The van der Waals surface area contributed by atoms with Gasteiger partial charge in [0.2, 0.25) is 11.9 Å². The fourth-order valence-electron chi connectivity index (χ4n) is 2.77. The Morgan fingerprint density at radius 3 is 2.28 bits per heavy atom. The lowest BCUT2D eigenvalue weighted by molar-refractivity contribution is -0.115. The van der Waals surface area contributed by atoms with E-state index in [1.54, 1.807) is 20.3 Å². The van der Waals surface area contributed by atoms with E-state index in [-0.39, 0.29) is 12.5 Å². The molecule has 0 atom stereocenters. The van der Waals surface area contributed by atoms with Crippen molar-refractivity contribution in [2.75, 3.05) is 32.6 Å². The van der Waals surface area contributed by atoms with E-state index in [2.05, 4.69) is 22.2 Å². The van der Waals surface area contributed by atoms with E-state index in [0.717, 1.165) is 28.4 Å². The number of methoxy groups -OCH3 is 2. The third-order valence-electron chi connectivity index (χ3n) is 4.27. The van der Waals surface area contributed by atoms with Crippen molar-refractivity contribution in [3.63, 3.8) is 0 Å². The van der Waals surface area contributed by atoms with Gasteiger partial charge in [0.05, 0.1) is 26.5 Å². The van der Waals surface area contributed by atoms with E-state index in [9.17, 15) is 4.79 Å². The van der Waals surface area contributed by atoms with Crippen LogP contribution in [-0.2, 0) is 4.79 Å². The molecule has 3 aromatic rings. The molecular weight excluding hydrogens is 368 g/mol. The van der Waals surface area contributed by atoms with E-state index in [0.29, 0.717) is 12.5 Å². The Balaban J connectivity index is 1.93. The minimum Gasteiger partial charge on any atom is -0.497 e. The molecule has 7 heteroatoms. The molecule has 3 rings (SSSR count). The summed E-state index contributed by atoms with van der Waals surface area (Å²) in [4.78, 5) is 16.9. The number of benzene rings is 2. The number of carbonyl (C=O) groups excluding carboxylic acids is 1. The van der Waals surface area contributed by atoms with E-state index in [1.165, 1.54) is 0 Å². The van der Waals surface area contributed by atoms with Gasteiger partial charge in [0.25, 0.3) is 0 Å². The zero-order chi connectivity index (χ0) is 20.6. The predicted octanol–water partition coefficient (Wildman–Crippen LogP) is 3.27. The lowest BCUT2D eigenvalue weighted by atomic mass is 10.1. The molecule has 150 valence electrons. The Bertz CT molecular complexity index is 963. The third kappa shape index (κ3) is 5.03. The molecule has 29 heavy (non-hydrogen) atoms. The quantitative estimate of drug-likeness (QED) is 0.432. The van der Waals surface area contributed by atoms with Gasteiger partial charge in [0, 0.05) is 24.0 Å². The number of amides is 1. The Hall–Kier alpha value is -3.58. The molecule has 2 N–H and O–H groups in total. The van der Waals surface area contributed by atoms with Crippen molar-refractivity contribution in [2.24, 2.45) is 0 Å². The molecule has 0 unspecified atom stereocenters. The first-order valence-corrected chi connectivity index (χ1v) is 9.14. The van der Waals surface area contributed by atoms with Gasteiger partial charge in [-0.05, 0) is 48.5 Å². The summed E-state index contributed by atoms with van der Waals surface area (Å²) in [6.45, 7) is 4.35. The normalized spacial score (nSPS) is 10.4. The second kappa shape index (κ2) is 9.57. The van der Waals surface area contributed by atoms with Crippen molar-refractivity contribution in [1.82, 2.24) is 14.9 Å². The van der Waals surface area contributed by atoms with Gasteiger partial charge in [0.1, 0.15) is 11.5 Å². The monoisotopic (exact) mass is 392 g/mol. The Labute approximate surface area is 170 Å². The maximum atomic E-state index is 12.3. The second-order valence-electron chi connectivity index (χ2n) is 6.21. The molecule has 0 radical (unpaired) electrons. The van der Waals surface area contributed by atoms with Gasteiger partial charge in [0.15, 0.2) is 0 Å². The maximum absolute atomic E-state index is 12.3. The Morgan fingerprint density at radius 1 is 1.07 bits per heavy atom. The van der Waals surface area contributed by atoms with Crippen LogP contribution in [0, 0.1) is 0 Å². The van der Waals surface area contributed by atoms with Crippen LogP contribution in [0.5, 0.6) is 11.5 Å². The van der Waals surface area contributed by atoms with Crippen LogP contribution < -0.4 is 20.1 Å². The molecule has 0 saturated carbocycles. The minimum atomic E-state index is -0.187. The topological polar surface area (TPSA) is 77.4 Å². The molecule has 0 aliphatic carbocycles. The molecule has 0 aliphatic heterocycles. The summed E-state index contributed by atoms with van der Waals surface area (Å²) in [5, 5.41) is 5.85. The van der Waals surface area contributed by atoms with Gasteiger partial charge in [-0.2, -0.15) is 0 Å². The molecule has 7 nitrogen and oxygen atoms in total. The molecule has 0 bridgehead atoms. The third-order valence-corrected chi connectivity index (χ3v) is 4.27. The molecular formula is C22H24N4O3. The summed E-state index contributed by atoms with van der Waals surface area (Å²) in [7, 11) is 3.25. The number of anilines is 1. The van der Waals surface area contributed by atoms with Gasteiger partial charge in [-0.3, -0.25) is 14.7 Å². The average Bonchev–Trinajstić information content (AvgIpc) is 3.17. The number of hydrogen-bond acceptors (Lipinski definition) is 5. The van der Waals surface area contributed by atoms with Crippen molar-refractivity contribution in [3.05, 3.63) is 67.4 Å². The highest BCUT2D eigenvalue weighted by Gasteiger charge is 2.14. The van der Waals surface area contributed by atoms with Crippen molar-refractivity contribution < 1.29 is 14.3 Å². The lowest BCUT2D eigenvalue weighted by Crippen LogP contribution is -2.29. The molecule has 1 heterocycles. The maximum Gasteiger partial charge on any atom is 0.240 e. The summed E-state index contributed by atoms with van der Waals surface area (Å²) in [5.74, 6) is 1.77. The molecule has 0 fully saturated rings. The molecule has 0 saturated heterocycles. The van der Waals surface area contributed by atoms with E-state index in [4.69, 9.17) is 9.47 Å². The van der Waals surface area contributed by atoms with Crippen molar-refractivity contribution in [2.45, 2.75) is 0 Å². The molecule has 0 aliphatic rings. The van der Waals surface area contributed by atoms with Gasteiger partial charge in [-0.1, -0.05) is 6.08 Å². The number of nitrogens with zero attached hydrogens (tertiary/aromatic N) is 2. The average molecular weight is 392 g/mol. The van der Waals surface area contributed by atoms with Crippen LogP contribution in [0.4, 0.5) is 5.95 Å². The van der Waals surface area contributed by atoms with E-state index in [1.807, 2.05) is 59.3 Å². The predicted molar refractivity (Wildman–Crippen MR) is 114 cm³/mol. The zero-order valence-electron chi connectivity index (χ0n) is 16.5. The number of rotatable bonds is 9. The number of carbonyl (C=O) groups is 1. The highest BCUT2D eigenvalue weighted by molar-refractivity contribution is 5.91. The molecule has 0 spiro atoms. The SMILES string of the molecule is C=CCNCC(=O)Nc1nc(-c2ccc(OC)cc2)cn1-c1ccc(OC)cc1. The first-order chi connectivity index (χ1) is 14.1. The van der Waals surface area contributed by atoms with Crippen molar-refractivity contribution in [3.8, 4) is 28.4 Å². The summed E-state index contributed by atoms with van der Waals surface area (Å²) in [6, 6.07) is 15.1. The highest BCUT2D eigenvalue weighted by atomic mass is 16.5. The van der Waals surface area contributed by atoms with Crippen LogP contribution in [0.15, 0.2) is 67.4 Å². The molecule has 1 amide bonds. The lowest BCUT2D eigenvalue weighted by Gasteiger charge is -2.09. The van der Waals surface area contributed by atoms with Crippen LogP contribution in [0.25, 0.3) is 16.9 Å². The molecule has 2 aromatic carbocycles. The van der Waals surface area contributed by atoms with E-state index >= 15 is 0 Å². The van der Waals surface area contributed by atoms with Crippen molar-refractivity contribution >= 4 is 11.9 Å². The highest BCUT2D eigenvalue weighted by Crippen LogP contribution is 2.26. The van der Waals surface area contributed by atoms with Gasteiger partial charge in [-0.25, -0.2) is 4.98 Å². The minimum absolute atomic E-state index is 0.166. The Morgan fingerprint density at radius 2 is 1.69 bits per heavy atom. The number of nitrogens with one attached hydrogen (secondary N) is 2. The number of imidazole rings is 1. The standard InChI is InChI=1S/C22H24N4O3/c1-4-13-23-14-21(27)25-22-24-20(16-5-9-18(28-2)10-6-16)15-26(22)17-7-11-19(29-3)12-8-17/h4-12,15,23H,1,13-14H2,2-3H3,(H,24,25,27). The van der Waals surface area contributed by atoms with Gasteiger partial charge >= 0.3 is 0 Å². The smallest absolute Gasteiger partial charge is 0.240 e. The first kappa shape index (κ1) is 20.2. The Kier molecular flexibility index (Phi) is 6.65. The largest absolute Gasteiger partial charge is 0.497 e. The summed E-state index contributed by atoms with van der Waals surface area (Å²) < 4.78 is 12.3. The van der Waals surface area contributed by atoms with Crippen LogP contribution in [0.1, 0.15) is 0 Å². The van der Waals surface area contributed by atoms with Crippen LogP contribution in [0.3, 0.4) is 0 Å². The van der Waals surface area contributed by atoms with Crippen molar-refractivity contribution in [1.29, 1.82) is 0 Å². The summed E-state index contributed by atoms with van der Waals surface area (Å²) >= 11 is 0. The summed E-state index contributed by atoms with van der Waals surface area (Å²) in [5.41, 5.74) is 2.50. The van der Waals surface area contributed by atoms with Crippen LogP contribution >= 0.6 is 0 Å². The van der Waals surface area contributed by atoms with Gasteiger partial charge in [-0.15, -0.1) is 6.58 Å². The van der Waals surface area contributed by atoms with Crippen LogP contribution in [-0.4, -0.2) is 42.8 Å². The van der Waals surface area contributed by atoms with Gasteiger partial charge < -0.3 is 14.8 Å². The zero-order valence-corrected chi connectivity index (χ0v) is 16.5. The summed E-state index contributed by atoms with van der Waals surface area (Å²) in [6.07, 6.45) is 3.59. The first-order valence-electron chi connectivity index (χ1n) is 9.14.